The Morgan fingerprint density at radius 3 is 3.10 bits per heavy atom. The van der Waals surface area contributed by atoms with Crippen molar-refractivity contribution in [2.75, 3.05) is 19.7 Å². The molecule has 4 nitrogen and oxygen atoms in total. The summed E-state index contributed by atoms with van der Waals surface area (Å²) in [7, 11) is 0. The second-order valence-corrected chi connectivity index (χ2v) is 5.20. The van der Waals surface area contributed by atoms with Crippen LogP contribution in [0.5, 0.6) is 0 Å². The van der Waals surface area contributed by atoms with Crippen LogP contribution in [0.3, 0.4) is 0 Å². The van der Waals surface area contributed by atoms with Gasteiger partial charge in [0.15, 0.2) is 0 Å². The third-order valence-electron chi connectivity index (χ3n) is 3.42. The largest absolute Gasteiger partial charge is 0.384 e. The normalized spacial score (nSPS) is 18.1. The molecule has 5 heteroatoms. The number of halogens is 1. The lowest BCUT2D eigenvalue weighted by Gasteiger charge is -2.16. The van der Waals surface area contributed by atoms with Gasteiger partial charge in [0.05, 0.1) is 5.56 Å². The Kier molecular flexibility index (Phi) is 5.32. The van der Waals surface area contributed by atoms with Crippen LogP contribution in [-0.4, -0.2) is 41.7 Å². The smallest absolute Gasteiger partial charge is 0.217 e. The summed E-state index contributed by atoms with van der Waals surface area (Å²) in [4.78, 5) is 13.3. The van der Waals surface area contributed by atoms with Gasteiger partial charge in [-0.25, -0.2) is 4.39 Å². The zero-order valence-corrected chi connectivity index (χ0v) is 12.0. The highest BCUT2D eigenvalue weighted by Crippen LogP contribution is 2.16. The molecule has 1 aromatic carbocycles. The molecule has 1 fully saturated rings. The first-order valence-electron chi connectivity index (χ1n) is 6.96. The lowest BCUT2D eigenvalue weighted by Crippen LogP contribution is -2.35. The number of carbonyl (C=O) groups excluding carboxylic acids is 1. The molecule has 1 aliphatic heterocycles. The van der Waals surface area contributed by atoms with Crippen molar-refractivity contribution in [3.63, 3.8) is 0 Å². The molecular weight excluding hydrogens is 271 g/mol. The molecule has 112 valence electrons. The SMILES string of the molecule is CC(=O)NC1CCN(Cc2ccc(F)c(C#CCO)c2)C1. The zero-order valence-electron chi connectivity index (χ0n) is 12.0. The highest BCUT2D eigenvalue weighted by atomic mass is 19.1. The van der Waals surface area contributed by atoms with E-state index in [1.807, 2.05) is 0 Å². The molecule has 0 radical (unpaired) electrons. The van der Waals surface area contributed by atoms with Crippen molar-refractivity contribution in [3.8, 4) is 11.8 Å². The number of aliphatic hydroxyl groups excluding tert-OH is 1. The molecule has 0 aliphatic carbocycles. The molecule has 1 aromatic rings. The molecular formula is C16H19FN2O2. The van der Waals surface area contributed by atoms with E-state index in [-0.39, 0.29) is 24.4 Å². The van der Waals surface area contributed by atoms with Gasteiger partial charge in [0.1, 0.15) is 12.4 Å². The highest BCUT2D eigenvalue weighted by molar-refractivity contribution is 5.73. The number of hydrogen-bond donors (Lipinski definition) is 2. The second-order valence-electron chi connectivity index (χ2n) is 5.20. The van der Waals surface area contributed by atoms with Crippen molar-refractivity contribution >= 4 is 5.91 Å². The van der Waals surface area contributed by atoms with Gasteiger partial charge >= 0.3 is 0 Å². The number of nitrogens with zero attached hydrogens (tertiary/aromatic N) is 1. The van der Waals surface area contributed by atoms with Gasteiger partial charge in [-0.15, -0.1) is 0 Å². The summed E-state index contributed by atoms with van der Waals surface area (Å²) in [6, 6.07) is 5.05. The van der Waals surface area contributed by atoms with E-state index in [2.05, 4.69) is 22.1 Å². The van der Waals surface area contributed by atoms with Crippen molar-refractivity contribution < 1.29 is 14.3 Å². The summed E-state index contributed by atoms with van der Waals surface area (Å²) < 4.78 is 13.6. The van der Waals surface area contributed by atoms with E-state index in [1.165, 1.54) is 13.0 Å². The molecule has 1 heterocycles. The Morgan fingerprint density at radius 1 is 1.57 bits per heavy atom. The standard InChI is InChI=1S/C16H19FN2O2/c1-12(21)18-15-6-7-19(11-15)10-13-4-5-16(17)14(9-13)3-2-8-20/h4-5,9,15,20H,6-8,10-11H2,1H3,(H,18,21). The molecule has 2 N–H and O–H groups in total. The van der Waals surface area contributed by atoms with E-state index in [1.54, 1.807) is 12.1 Å². The third-order valence-corrected chi connectivity index (χ3v) is 3.42. The first-order valence-corrected chi connectivity index (χ1v) is 6.96. The van der Waals surface area contributed by atoms with Gasteiger partial charge in [0, 0.05) is 32.6 Å². The summed E-state index contributed by atoms with van der Waals surface area (Å²) in [6.45, 7) is 3.64. The van der Waals surface area contributed by atoms with Crippen LogP contribution in [-0.2, 0) is 11.3 Å². The van der Waals surface area contributed by atoms with Crippen LogP contribution >= 0.6 is 0 Å². The van der Waals surface area contributed by atoms with Crippen molar-refractivity contribution in [2.24, 2.45) is 0 Å². The minimum Gasteiger partial charge on any atom is -0.384 e. The number of rotatable bonds is 3. The lowest BCUT2D eigenvalue weighted by atomic mass is 10.1. The van der Waals surface area contributed by atoms with Crippen molar-refractivity contribution in [1.29, 1.82) is 0 Å². The quantitative estimate of drug-likeness (QED) is 0.813. The van der Waals surface area contributed by atoms with E-state index >= 15 is 0 Å². The Balaban J connectivity index is 1.99. The predicted molar refractivity (Wildman–Crippen MR) is 77.9 cm³/mol. The van der Waals surface area contributed by atoms with E-state index < -0.39 is 0 Å². The number of carbonyl (C=O) groups is 1. The van der Waals surface area contributed by atoms with Crippen LogP contribution in [0.1, 0.15) is 24.5 Å². The second kappa shape index (κ2) is 7.21. The van der Waals surface area contributed by atoms with E-state index in [0.29, 0.717) is 12.1 Å². The van der Waals surface area contributed by atoms with Gasteiger partial charge in [-0.2, -0.15) is 0 Å². The molecule has 1 atom stereocenters. The highest BCUT2D eigenvalue weighted by Gasteiger charge is 2.22. The Morgan fingerprint density at radius 2 is 2.38 bits per heavy atom. The molecule has 0 spiro atoms. The maximum atomic E-state index is 13.6. The third kappa shape index (κ3) is 4.55. The maximum absolute atomic E-state index is 13.6. The molecule has 0 bridgehead atoms. The molecule has 21 heavy (non-hydrogen) atoms. The van der Waals surface area contributed by atoms with Crippen LogP contribution in [0, 0.1) is 17.7 Å². The Labute approximate surface area is 124 Å². The fraction of sp³-hybridized carbons (Fsp3) is 0.438. The number of amides is 1. The minimum absolute atomic E-state index is 0.00908. The molecule has 2 rings (SSSR count). The first-order chi connectivity index (χ1) is 10.1. The first kappa shape index (κ1) is 15.5. The van der Waals surface area contributed by atoms with Crippen LogP contribution < -0.4 is 5.32 Å². The number of aliphatic hydroxyl groups is 1. The topological polar surface area (TPSA) is 52.6 Å². The zero-order chi connectivity index (χ0) is 15.2. The van der Waals surface area contributed by atoms with E-state index in [0.717, 1.165) is 25.1 Å². The van der Waals surface area contributed by atoms with Crippen LogP contribution in [0.15, 0.2) is 18.2 Å². The van der Waals surface area contributed by atoms with Crippen LogP contribution in [0.4, 0.5) is 4.39 Å². The minimum atomic E-state index is -0.378. The number of benzene rings is 1. The summed E-state index contributed by atoms with van der Waals surface area (Å²) in [6.07, 6.45) is 0.929. The summed E-state index contributed by atoms with van der Waals surface area (Å²) >= 11 is 0. The number of hydrogen-bond acceptors (Lipinski definition) is 3. The van der Waals surface area contributed by atoms with Gasteiger partial charge in [-0.05, 0) is 24.1 Å². The van der Waals surface area contributed by atoms with Gasteiger partial charge < -0.3 is 10.4 Å². The molecule has 1 aliphatic rings. The predicted octanol–water partition coefficient (Wildman–Crippen LogP) is 0.880. The van der Waals surface area contributed by atoms with Gasteiger partial charge in [0.25, 0.3) is 0 Å². The van der Waals surface area contributed by atoms with Crippen molar-refractivity contribution in [2.45, 2.75) is 25.9 Å². The number of nitrogens with one attached hydrogen (secondary N) is 1. The van der Waals surface area contributed by atoms with Crippen molar-refractivity contribution in [1.82, 2.24) is 10.2 Å². The molecule has 0 aromatic heterocycles. The average molecular weight is 290 g/mol. The Bertz CT molecular complexity index is 577. The summed E-state index contributed by atoms with van der Waals surface area (Å²) in [5.41, 5.74) is 1.28. The summed E-state index contributed by atoms with van der Waals surface area (Å²) in [5, 5.41) is 11.6. The monoisotopic (exact) mass is 290 g/mol. The maximum Gasteiger partial charge on any atom is 0.217 e. The van der Waals surface area contributed by atoms with Gasteiger partial charge in [0.2, 0.25) is 5.91 Å². The average Bonchev–Trinajstić information content (AvgIpc) is 2.85. The molecule has 1 amide bonds. The lowest BCUT2D eigenvalue weighted by molar-refractivity contribution is -0.119. The fourth-order valence-electron chi connectivity index (χ4n) is 2.54. The summed E-state index contributed by atoms with van der Waals surface area (Å²) in [5.74, 6) is 4.68. The molecule has 1 unspecified atom stereocenters. The Hall–Kier alpha value is -1.90. The fourth-order valence-corrected chi connectivity index (χ4v) is 2.54. The van der Waals surface area contributed by atoms with Crippen LogP contribution in [0.2, 0.25) is 0 Å². The van der Waals surface area contributed by atoms with E-state index in [9.17, 15) is 9.18 Å². The van der Waals surface area contributed by atoms with Crippen LogP contribution in [0.25, 0.3) is 0 Å². The molecule has 0 saturated carbocycles. The van der Waals surface area contributed by atoms with E-state index in [4.69, 9.17) is 5.11 Å². The number of likely N-dealkylation sites (tertiary alicyclic amines) is 1. The van der Waals surface area contributed by atoms with Gasteiger partial charge in [-0.3, -0.25) is 9.69 Å². The molecule has 1 saturated heterocycles. The van der Waals surface area contributed by atoms with Crippen molar-refractivity contribution in [3.05, 3.63) is 35.1 Å². The van der Waals surface area contributed by atoms with Gasteiger partial charge in [-0.1, -0.05) is 17.9 Å².